The third-order valence-electron chi connectivity index (χ3n) is 2.58. The van der Waals surface area contributed by atoms with Crippen LogP contribution < -0.4 is 5.32 Å². The lowest BCUT2D eigenvalue weighted by atomic mass is 10.2. The van der Waals surface area contributed by atoms with Crippen LogP contribution in [0.5, 0.6) is 0 Å². The molecule has 1 aromatic carbocycles. The van der Waals surface area contributed by atoms with Gasteiger partial charge in [-0.25, -0.2) is 4.39 Å². The fourth-order valence-electron chi connectivity index (χ4n) is 1.62. The van der Waals surface area contributed by atoms with Gasteiger partial charge in [-0.2, -0.15) is 0 Å². The maximum atomic E-state index is 13.5. The summed E-state index contributed by atoms with van der Waals surface area (Å²) in [7, 11) is 0. The quantitative estimate of drug-likeness (QED) is 0.886. The SMILES string of the molecule is CC1(C)OCC(Nc2c(F)cccc2Cl)CO1. The Morgan fingerprint density at radius 1 is 1.35 bits per heavy atom. The van der Waals surface area contributed by atoms with Gasteiger partial charge in [0.15, 0.2) is 5.79 Å². The van der Waals surface area contributed by atoms with Gasteiger partial charge in [-0.3, -0.25) is 0 Å². The van der Waals surface area contributed by atoms with Crippen LogP contribution in [0, 0.1) is 5.82 Å². The van der Waals surface area contributed by atoms with Gasteiger partial charge in [0.05, 0.1) is 30.0 Å². The average molecular weight is 260 g/mol. The maximum absolute atomic E-state index is 13.5. The summed E-state index contributed by atoms with van der Waals surface area (Å²) in [6.45, 7) is 4.61. The molecule has 0 unspecified atom stereocenters. The fraction of sp³-hybridized carbons (Fsp3) is 0.500. The van der Waals surface area contributed by atoms with Crippen LogP contribution in [0.4, 0.5) is 10.1 Å². The molecule has 1 aromatic rings. The molecule has 5 heteroatoms. The lowest BCUT2D eigenvalue weighted by molar-refractivity contribution is -0.247. The number of benzene rings is 1. The highest BCUT2D eigenvalue weighted by Gasteiger charge is 2.28. The molecular formula is C12H15ClFNO2. The number of anilines is 1. The van der Waals surface area contributed by atoms with E-state index in [-0.39, 0.29) is 11.9 Å². The summed E-state index contributed by atoms with van der Waals surface area (Å²) in [5, 5.41) is 3.35. The van der Waals surface area contributed by atoms with Crippen molar-refractivity contribution >= 4 is 17.3 Å². The summed E-state index contributed by atoms with van der Waals surface area (Å²) in [5.74, 6) is -0.945. The molecule has 3 nitrogen and oxygen atoms in total. The van der Waals surface area contributed by atoms with Gasteiger partial charge in [-0.05, 0) is 26.0 Å². The number of hydrogen-bond donors (Lipinski definition) is 1. The first-order valence-corrected chi connectivity index (χ1v) is 5.84. The van der Waals surface area contributed by atoms with E-state index in [4.69, 9.17) is 21.1 Å². The van der Waals surface area contributed by atoms with Crippen molar-refractivity contribution in [3.8, 4) is 0 Å². The lowest BCUT2D eigenvalue weighted by Gasteiger charge is -2.35. The van der Waals surface area contributed by atoms with Crippen molar-refractivity contribution in [1.82, 2.24) is 0 Å². The second kappa shape index (κ2) is 4.80. The van der Waals surface area contributed by atoms with E-state index in [1.807, 2.05) is 13.8 Å². The number of nitrogens with one attached hydrogen (secondary N) is 1. The zero-order chi connectivity index (χ0) is 12.5. The Morgan fingerprint density at radius 2 is 2.00 bits per heavy atom. The highest BCUT2D eigenvalue weighted by Crippen LogP contribution is 2.27. The van der Waals surface area contributed by atoms with Gasteiger partial charge in [0.1, 0.15) is 5.82 Å². The second-order valence-corrected chi connectivity index (χ2v) is 4.87. The van der Waals surface area contributed by atoms with Gasteiger partial charge in [-0.15, -0.1) is 0 Å². The van der Waals surface area contributed by atoms with Gasteiger partial charge in [0.25, 0.3) is 0 Å². The van der Waals surface area contributed by atoms with E-state index in [1.54, 1.807) is 12.1 Å². The average Bonchev–Trinajstić information content (AvgIpc) is 2.26. The molecule has 0 radical (unpaired) electrons. The van der Waals surface area contributed by atoms with Crippen LogP contribution >= 0.6 is 11.6 Å². The Kier molecular flexibility index (Phi) is 3.56. The second-order valence-electron chi connectivity index (χ2n) is 4.46. The molecule has 0 aromatic heterocycles. The van der Waals surface area contributed by atoms with E-state index in [0.717, 1.165) is 0 Å². The predicted molar refractivity (Wildman–Crippen MR) is 64.8 cm³/mol. The molecule has 94 valence electrons. The normalized spacial score (nSPS) is 20.2. The van der Waals surface area contributed by atoms with Crippen molar-refractivity contribution in [2.24, 2.45) is 0 Å². The molecule has 1 aliphatic rings. The van der Waals surface area contributed by atoms with Crippen LogP contribution in [0.3, 0.4) is 0 Å². The van der Waals surface area contributed by atoms with E-state index in [9.17, 15) is 4.39 Å². The van der Waals surface area contributed by atoms with E-state index in [1.165, 1.54) is 6.07 Å². The monoisotopic (exact) mass is 259 g/mol. The molecule has 1 saturated heterocycles. The third kappa shape index (κ3) is 3.09. The molecule has 0 aliphatic carbocycles. The summed E-state index contributed by atoms with van der Waals surface area (Å²) in [6, 6.07) is 4.47. The van der Waals surface area contributed by atoms with Crippen molar-refractivity contribution in [3.05, 3.63) is 29.0 Å². The number of rotatable bonds is 2. The highest BCUT2D eigenvalue weighted by atomic mass is 35.5. The standard InChI is InChI=1S/C12H15ClFNO2/c1-12(2)16-6-8(7-17-12)15-11-9(13)4-3-5-10(11)14/h3-5,8,15H,6-7H2,1-2H3. The molecule has 0 spiro atoms. The smallest absolute Gasteiger partial charge is 0.162 e. The summed E-state index contributed by atoms with van der Waals surface area (Å²) < 4.78 is 24.5. The first kappa shape index (κ1) is 12.6. The highest BCUT2D eigenvalue weighted by molar-refractivity contribution is 6.33. The zero-order valence-corrected chi connectivity index (χ0v) is 10.6. The van der Waals surface area contributed by atoms with Gasteiger partial charge in [0.2, 0.25) is 0 Å². The molecule has 1 aliphatic heterocycles. The van der Waals surface area contributed by atoms with Crippen LogP contribution in [-0.2, 0) is 9.47 Å². The van der Waals surface area contributed by atoms with Crippen molar-refractivity contribution < 1.29 is 13.9 Å². The minimum atomic E-state index is -0.572. The number of hydrogen-bond acceptors (Lipinski definition) is 3. The minimum Gasteiger partial charge on any atom is -0.374 e. The number of para-hydroxylation sites is 1. The fourth-order valence-corrected chi connectivity index (χ4v) is 1.83. The summed E-state index contributed by atoms with van der Waals surface area (Å²) in [6.07, 6.45) is 0. The first-order valence-electron chi connectivity index (χ1n) is 5.46. The summed E-state index contributed by atoms with van der Waals surface area (Å²) in [5.41, 5.74) is 0.297. The first-order chi connectivity index (χ1) is 7.98. The summed E-state index contributed by atoms with van der Waals surface area (Å²) >= 11 is 5.92. The van der Waals surface area contributed by atoms with Gasteiger partial charge < -0.3 is 14.8 Å². The minimum absolute atomic E-state index is 0.0996. The van der Waals surface area contributed by atoms with Crippen LogP contribution in [0.25, 0.3) is 0 Å². The van der Waals surface area contributed by atoms with E-state index in [0.29, 0.717) is 23.9 Å². The summed E-state index contributed by atoms with van der Waals surface area (Å²) in [4.78, 5) is 0. The molecule has 1 N–H and O–H groups in total. The Balaban J connectivity index is 2.03. The zero-order valence-electron chi connectivity index (χ0n) is 9.80. The maximum Gasteiger partial charge on any atom is 0.162 e. The molecule has 1 fully saturated rings. The molecule has 0 bridgehead atoms. The number of ether oxygens (including phenoxy) is 2. The van der Waals surface area contributed by atoms with Crippen LogP contribution in [0.2, 0.25) is 5.02 Å². The Morgan fingerprint density at radius 3 is 2.59 bits per heavy atom. The third-order valence-corrected chi connectivity index (χ3v) is 2.89. The van der Waals surface area contributed by atoms with Crippen molar-refractivity contribution in [2.45, 2.75) is 25.7 Å². The van der Waals surface area contributed by atoms with E-state index in [2.05, 4.69) is 5.32 Å². The van der Waals surface area contributed by atoms with Crippen molar-refractivity contribution in [3.63, 3.8) is 0 Å². The lowest BCUT2D eigenvalue weighted by Crippen LogP contribution is -2.45. The van der Waals surface area contributed by atoms with Gasteiger partial charge >= 0.3 is 0 Å². The Hall–Kier alpha value is -0.840. The molecule has 2 rings (SSSR count). The van der Waals surface area contributed by atoms with Crippen LogP contribution in [0.15, 0.2) is 18.2 Å². The largest absolute Gasteiger partial charge is 0.374 e. The van der Waals surface area contributed by atoms with Gasteiger partial charge in [0, 0.05) is 0 Å². The van der Waals surface area contributed by atoms with Crippen molar-refractivity contribution in [1.29, 1.82) is 0 Å². The Bertz CT molecular complexity index is 381. The molecule has 0 amide bonds. The molecule has 17 heavy (non-hydrogen) atoms. The molecular weight excluding hydrogens is 245 g/mol. The number of halogens is 2. The van der Waals surface area contributed by atoms with E-state index >= 15 is 0 Å². The van der Waals surface area contributed by atoms with E-state index < -0.39 is 5.79 Å². The van der Waals surface area contributed by atoms with Gasteiger partial charge in [-0.1, -0.05) is 17.7 Å². The Labute approximate surface area is 105 Å². The molecule has 1 heterocycles. The molecule has 0 atom stereocenters. The van der Waals surface area contributed by atoms with Crippen LogP contribution in [-0.4, -0.2) is 25.0 Å². The van der Waals surface area contributed by atoms with Crippen LogP contribution in [0.1, 0.15) is 13.8 Å². The van der Waals surface area contributed by atoms with Crippen molar-refractivity contribution in [2.75, 3.05) is 18.5 Å². The topological polar surface area (TPSA) is 30.5 Å². The predicted octanol–water partition coefficient (Wildman–Crippen LogP) is 3.04. The molecule has 0 saturated carbocycles.